The quantitative estimate of drug-likeness (QED) is 0.769. The molecule has 4 heteroatoms. The molecule has 1 heterocycles. The zero-order valence-corrected chi connectivity index (χ0v) is 11.8. The van der Waals surface area contributed by atoms with Crippen molar-refractivity contribution in [2.75, 3.05) is 0 Å². The molecule has 1 aromatic heterocycles. The van der Waals surface area contributed by atoms with E-state index in [-0.39, 0.29) is 0 Å². The van der Waals surface area contributed by atoms with Crippen molar-refractivity contribution in [1.29, 1.82) is 0 Å². The minimum absolute atomic E-state index is 0.555. The summed E-state index contributed by atoms with van der Waals surface area (Å²) in [5.41, 5.74) is 1.21. The maximum atomic E-state index is 5.85. The summed E-state index contributed by atoms with van der Waals surface area (Å²) in [7, 11) is 0. The summed E-state index contributed by atoms with van der Waals surface area (Å²) in [5.74, 6) is 0.857. The average molecular weight is 318 g/mol. The molecule has 0 unspecified atom stereocenters. The fraction of sp³-hybridized carbons (Fsp3) is 0.167. The molecule has 1 aromatic carbocycles. The maximum absolute atomic E-state index is 5.85. The lowest BCUT2D eigenvalue weighted by molar-refractivity contribution is 0.308. The Morgan fingerprint density at radius 1 is 1.31 bits per heavy atom. The number of halogens is 2. The van der Waals surface area contributed by atoms with Crippen molar-refractivity contribution in [3.63, 3.8) is 0 Å². The Morgan fingerprint density at radius 3 is 2.75 bits per heavy atom. The lowest BCUT2D eigenvalue weighted by Gasteiger charge is -2.07. The molecule has 0 saturated heterocycles. The Bertz CT molecular complexity index is 496. The normalized spacial score (nSPS) is 10.4. The summed E-state index contributed by atoms with van der Waals surface area (Å²) in [6, 6.07) is 9.90. The third-order valence-corrected chi connectivity index (χ3v) is 3.91. The largest absolute Gasteiger partial charge is 0.487 e. The van der Waals surface area contributed by atoms with Gasteiger partial charge in [-0.3, -0.25) is 0 Å². The Balaban J connectivity index is 2.04. The number of rotatable bonds is 3. The van der Waals surface area contributed by atoms with Crippen LogP contribution in [-0.4, -0.2) is 0 Å². The lowest BCUT2D eigenvalue weighted by Crippen LogP contribution is -1.93. The first-order valence-corrected chi connectivity index (χ1v) is 6.77. The Morgan fingerprint density at radius 2 is 2.12 bits per heavy atom. The summed E-state index contributed by atoms with van der Waals surface area (Å²) in [4.78, 5) is 1.12. The molecule has 0 spiro atoms. The van der Waals surface area contributed by atoms with Gasteiger partial charge in [-0.15, -0.1) is 11.3 Å². The van der Waals surface area contributed by atoms with E-state index in [9.17, 15) is 0 Å². The van der Waals surface area contributed by atoms with Crippen molar-refractivity contribution < 1.29 is 4.74 Å². The molecule has 84 valence electrons. The standard InChI is InChI=1S/C12H10BrClOS/c1-8-2-4-11(10(13)6-8)15-7-9-3-5-12(14)16-9/h2-6H,7H2,1H3. The topological polar surface area (TPSA) is 9.23 Å². The van der Waals surface area contributed by atoms with Crippen LogP contribution in [0.4, 0.5) is 0 Å². The summed E-state index contributed by atoms with van der Waals surface area (Å²) in [6.07, 6.45) is 0. The predicted molar refractivity (Wildman–Crippen MR) is 72.5 cm³/mol. The van der Waals surface area contributed by atoms with E-state index in [0.717, 1.165) is 19.4 Å². The first kappa shape index (κ1) is 12.0. The highest BCUT2D eigenvalue weighted by Gasteiger charge is 2.03. The zero-order valence-electron chi connectivity index (χ0n) is 8.67. The van der Waals surface area contributed by atoms with Gasteiger partial charge in [0.05, 0.1) is 8.81 Å². The van der Waals surface area contributed by atoms with Crippen molar-refractivity contribution >= 4 is 38.9 Å². The van der Waals surface area contributed by atoms with Crippen molar-refractivity contribution in [2.45, 2.75) is 13.5 Å². The second-order valence-corrected chi connectivity index (χ2v) is 6.08. The molecular weight excluding hydrogens is 308 g/mol. The van der Waals surface area contributed by atoms with Crippen molar-refractivity contribution in [2.24, 2.45) is 0 Å². The number of benzene rings is 1. The maximum Gasteiger partial charge on any atom is 0.134 e. The molecule has 2 aromatic rings. The monoisotopic (exact) mass is 316 g/mol. The van der Waals surface area contributed by atoms with Crippen LogP contribution in [0.1, 0.15) is 10.4 Å². The Kier molecular flexibility index (Phi) is 3.90. The van der Waals surface area contributed by atoms with Gasteiger partial charge >= 0.3 is 0 Å². The minimum Gasteiger partial charge on any atom is -0.487 e. The smallest absolute Gasteiger partial charge is 0.134 e. The summed E-state index contributed by atoms with van der Waals surface area (Å²) in [5, 5.41) is 0. The first-order chi connectivity index (χ1) is 7.65. The van der Waals surface area contributed by atoms with Gasteiger partial charge in [0.1, 0.15) is 12.4 Å². The predicted octanol–water partition coefficient (Wildman–Crippen LogP) is 5.05. The lowest BCUT2D eigenvalue weighted by atomic mass is 10.2. The van der Waals surface area contributed by atoms with Crippen LogP contribution < -0.4 is 4.74 Å². The Hall–Kier alpha value is -0.510. The van der Waals surface area contributed by atoms with Gasteiger partial charge in [-0.05, 0) is 52.7 Å². The first-order valence-electron chi connectivity index (χ1n) is 4.78. The fourth-order valence-electron chi connectivity index (χ4n) is 1.30. The molecule has 0 fully saturated rings. The van der Waals surface area contributed by atoms with Crippen LogP contribution in [0, 0.1) is 6.92 Å². The van der Waals surface area contributed by atoms with E-state index >= 15 is 0 Å². The van der Waals surface area contributed by atoms with Gasteiger partial charge in [-0.1, -0.05) is 17.7 Å². The molecule has 0 atom stereocenters. The number of thiophene rings is 1. The number of ether oxygens (including phenoxy) is 1. The van der Waals surface area contributed by atoms with Crippen molar-refractivity contribution in [1.82, 2.24) is 0 Å². The molecule has 0 radical (unpaired) electrons. The van der Waals surface area contributed by atoms with Gasteiger partial charge in [0.25, 0.3) is 0 Å². The highest BCUT2D eigenvalue weighted by Crippen LogP contribution is 2.28. The number of aryl methyl sites for hydroxylation is 1. The average Bonchev–Trinajstić information content (AvgIpc) is 2.63. The molecule has 0 aliphatic heterocycles. The van der Waals surface area contributed by atoms with Gasteiger partial charge in [-0.2, -0.15) is 0 Å². The van der Waals surface area contributed by atoms with E-state index in [1.54, 1.807) is 11.3 Å². The van der Waals surface area contributed by atoms with E-state index in [0.29, 0.717) is 6.61 Å². The molecule has 0 bridgehead atoms. The van der Waals surface area contributed by atoms with Gasteiger partial charge in [0.15, 0.2) is 0 Å². The van der Waals surface area contributed by atoms with E-state index in [4.69, 9.17) is 16.3 Å². The summed E-state index contributed by atoms with van der Waals surface area (Å²) in [6.45, 7) is 2.60. The molecule has 0 saturated carbocycles. The molecule has 0 aliphatic carbocycles. The van der Waals surface area contributed by atoms with E-state index in [1.165, 1.54) is 5.56 Å². The van der Waals surface area contributed by atoms with E-state index in [2.05, 4.69) is 15.9 Å². The van der Waals surface area contributed by atoms with Crippen LogP contribution in [0.15, 0.2) is 34.8 Å². The Labute approximate surface area is 112 Å². The van der Waals surface area contributed by atoms with Crippen LogP contribution >= 0.6 is 38.9 Å². The minimum atomic E-state index is 0.555. The van der Waals surface area contributed by atoms with Crippen LogP contribution in [0.5, 0.6) is 5.75 Å². The van der Waals surface area contributed by atoms with Gasteiger partial charge < -0.3 is 4.74 Å². The van der Waals surface area contributed by atoms with Crippen LogP contribution in [0.25, 0.3) is 0 Å². The summed E-state index contributed by atoms with van der Waals surface area (Å²) < 4.78 is 7.47. The van der Waals surface area contributed by atoms with E-state index in [1.807, 2.05) is 37.3 Å². The van der Waals surface area contributed by atoms with E-state index < -0.39 is 0 Å². The fourth-order valence-corrected chi connectivity index (χ4v) is 2.91. The highest BCUT2D eigenvalue weighted by molar-refractivity contribution is 9.10. The highest BCUT2D eigenvalue weighted by atomic mass is 79.9. The number of hydrogen-bond donors (Lipinski definition) is 0. The number of hydrogen-bond acceptors (Lipinski definition) is 2. The summed E-state index contributed by atoms with van der Waals surface area (Å²) >= 11 is 10.9. The molecule has 0 amide bonds. The molecule has 0 N–H and O–H groups in total. The van der Waals surface area contributed by atoms with Crippen molar-refractivity contribution in [3.8, 4) is 5.75 Å². The van der Waals surface area contributed by atoms with Crippen LogP contribution in [0.2, 0.25) is 4.34 Å². The SMILES string of the molecule is Cc1ccc(OCc2ccc(Cl)s2)c(Br)c1. The van der Waals surface area contributed by atoms with Crippen molar-refractivity contribution in [3.05, 3.63) is 49.6 Å². The zero-order chi connectivity index (χ0) is 11.5. The molecule has 1 nitrogen and oxygen atoms in total. The van der Waals surface area contributed by atoms with Gasteiger partial charge in [0.2, 0.25) is 0 Å². The molecule has 0 aliphatic rings. The third kappa shape index (κ3) is 3.00. The second kappa shape index (κ2) is 5.21. The van der Waals surface area contributed by atoms with Crippen LogP contribution in [-0.2, 0) is 6.61 Å². The molecule has 16 heavy (non-hydrogen) atoms. The third-order valence-electron chi connectivity index (χ3n) is 2.09. The van der Waals surface area contributed by atoms with Gasteiger partial charge in [0, 0.05) is 4.88 Å². The van der Waals surface area contributed by atoms with Gasteiger partial charge in [-0.25, -0.2) is 0 Å². The van der Waals surface area contributed by atoms with Crippen LogP contribution in [0.3, 0.4) is 0 Å². The molecular formula is C12H10BrClOS. The second-order valence-electron chi connectivity index (χ2n) is 3.43. The molecule has 2 rings (SSSR count).